The molecule has 1 saturated carbocycles. The minimum atomic E-state index is 0.774. The molecule has 15 heavy (non-hydrogen) atoms. The van der Waals surface area contributed by atoms with Crippen molar-refractivity contribution in [3.8, 4) is 0 Å². The van der Waals surface area contributed by atoms with Crippen molar-refractivity contribution in [1.82, 2.24) is 10.2 Å². The van der Waals surface area contributed by atoms with Gasteiger partial charge < -0.3 is 5.32 Å². The Balaban J connectivity index is 1.81. The van der Waals surface area contributed by atoms with E-state index in [9.17, 15) is 0 Å². The van der Waals surface area contributed by atoms with Crippen LogP contribution < -0.4 is 5.32 Å². The molecule has 2 nitrogen and oxygen atoms in total. The van der Waals surface area contributed by atoms with Crippen LogP contribution in [0, 0.1) is 5.92 Å². The van der Waals surface area contributed by atoms with Crippen LogP contribution in [0.25, 0.3) is 0 Å². The molecule has 0 aromatic rings. The second kappa shape index (κ2) is 5.31. The lowest BCUT2D eigenvalue weighted by atomic mass is 10.0. The van der Waals surface area contributed by atoms with Gasteiger partial charge in [0.05, 0.1) is 0 Å². The molecule has 2 atom stereocenters. The molecule has 0 aromatic heterocycles. The van der Waals surface area contributed by atoms with Crippen molar-refractivity contribution < 1.29 is 0 Å². The van der Waals surface area contributed by atoms with Gasteiger partial charge in [-0.2, -0.15) is 0 Å². The minimum Gasteiger partial charge on any atom is -0.313 e. The fourth-order valence-corrected chi connectivity index (χ4v) is 2.82. The number of rotatable bonds is 5. The molecule has 1 heterocycles. The molecular weight excluding hydrogens is 184 g/mol. The molecule has 2 aliphatic rings. The zero-order chi connectivity index (χ0) is 10.7. The summed E-state index contributed by atoms with van der Waals surface area (Å²) < 4.78 is 0. The van der Waals surface area contributed by atoms with Crippen molar-refractivity contribution in [2.45, 2.75) is 58.0 Å². The minimum absolute atomic E-state index is 0.774. The first-order valence-corrected chi connectivity index (χ1v) is 6.78. The van der Waals surface area contributed by atoms with E-state index in [-0.39, 0.29) is 0 Å². The predicted octanol–water partition coefficient (Wildman–Crippen LogP) is 2.25. The summed E-state index contributed by atoms with van der Waals surface area (Å²) >= 11 is 0. The maximum absolute atomic E-state index is 3.67. The maximum atomic E-state index is 3.67. The number of likely N-dealkylation sites (tertiary alicyclic amines) is 1. The quantitative estimate of drug-likeness (QED) is 0.749. The SMILES string of the molecule is CCNC(CN1CCCCC1C)C1CC1. The highest BCUT2D eigenvalue weighted by molar-refractivity contribution is 4.89. The standard InChI is InChI=1S/C13H26N2/c1-3-14-13(12-7-8-12)10-15-9-5-4-6-11(15)2/h11-14H,3-10H2,1-2H3. The monoisotopic (exact) mass is 210 g/mol. The van der Waals surface area contributed by atoms with Gasteiger partial charge in [-0.3, -0.25) is 4.90 Å². The third-order valence-electron chi connectivity index (χ3n) is 4.03. The van der Waals surface area contributed by atoms with E-state index >= 15 is 0 Å². The van der Waals surface area contributed by atoms with Gasteiger partial charge in [0.1, 0.15) is 0 Å². The van der Waals surface area contributed by atoms with Crippen molar-refractivity contribution in [2.24, 2.45) is 5.92 Å². The lowest BCUT2D eigenvalue weighted by Gasteiger charge is -2.36. The fourth-order valence-electron chi connectivity index (χ4n) is 2.82. The summed E-state index contributed by atoms with van der Waals surface area (Å²) in [5.74, 6) is 0.985. The van der Waals surface area contributed by atoms with Gasteiger partial charge in [0.2, 0.25) is 0 Å². The summed E-state index contributed by atoms with van der Waals surface area (Å²) in [5.41, 5.74) is 0. The highest BCUT2D eigenvalue weighted by Crippen LogP contribution is 2.33. The number of nitrogens with zero attached hydrogens (tertiary/aromatic N) is 1. The lowest BCUT2D eigenvalue weighted by Crippen LogP contribution is -2.47. The van der Waals surface area contributed by atoms with E-state index in [1.54, 1.807) is 0 Å². The number of hydrogen-bond donors (Lipinski definition) is 1. The van der Waals surface area contributed by atoms with Gasteiger partial charge in [0.25, 0.3) is 0 Å². The summed E-state index contributed by atoms with van der Waals surface area (Å²) in [5, 5.41) is 3.67. The number of hydrogen-bond acceptors (Lipinski definition) is 2. The summed E-state index contributed by atoms with van der Waals surface area (Å²) in [6.45, 7) is 8.38. The molecule has 0 aromatic carbocycles. The average molecular weight is 210 g/mol. The third kappa shape index (κ3) is 3.18. The van der Waals surface area contributed by atoms with E-state index in [2.05, 4.69) is 24.1 Å². The lowest BCUT2D eigenvalue weighted by molar-refractivity contribution is 0.139. The molecule has 1 aliphatic carbocycles. The first kappa shape index (κ1) is 11.4. The first-order chi connectivity index (χ1) is 7.31. The van der Waals surface area contributed by atoms with E-state index in [0.717, 1.165) is 24.5 Å². The molecular formula is C13H26N2. The Bertz CT molecular complexity index is 187. The molecule has 2 rings (SSSR count). The zero-order valence-corrected chi connectivity index (χ0v) is 10.3. The molecule has 0 radical (unpaired) electrons. The van der Waals surface area contributed by atoms with Crippen LogP contribution in [0.5, 0.6) is 0 Å². The maximum Gasteiger partial charge on any atom is 0.0223 e. The molecule has 0 spiro atoms. The number of likely N-dealkylation sites (N-methyl/N-ethyl adjacent to an activating group) is 1. The first-order valence-electron chi connectivity index (χ1n) is 6.78. The van der Waals surface area contributed by atoms with Crippen LogP contribution in [0.2, 0.25) is 0 Å². The van der Waals surface area contributed by atoms with Crippen LogP contribution >= 0.6 is 0 Å². The van der Waals surface area contributed by atoms with Gasteiger partial charge in [0.15, 0.2) is 0 Å². The topological polar surface area (TPSA) is 15.3 Å². The number of piperidine rings is 1. The van der Waals surface area contributed by atoms with Crippen LogP contribution in [-0.4, -0.2) is 36.6 Å². The fraction of sp³-hybridized carbons (Fsp3) is 1.00. The Kier molecular flexibility index (Phi) is 4.04. The summed E-state index contributed by atoms with van der Waals surface area (Å²) in [7, 11) is 0. The van der Waals surface area contributed by atoms with E-state index < -0.39 is 0 Å². The van der Waals surface area contributed by atoms with Gasteiger partial charge in [-0.25, -0.2) is 0 Å². The Hall–Kier alpha value is -0.0800. The third-order valence-corrected chi connectivity index (χ3v) is 4.03. The van der Waals surface area contributed by atoms with E-state index in [4.69, 9.17) is 0 Å². The Morgan fingerprint density at radius 2 is 2.07 bits per heavy atom. The van der Waals surface area contributed by atoms with Crippen LogP contribution in [0.15, 0.2) is 0 Å². The van der Waals surface area contributed by atoms with Crippen LogP contribution in [-0.2, 0) is 0 Å². The van der Waals surface area contributed by atoms with E-state index in [1.807, 2.05) is 0 Å². The molecule has 2 fully saturated rings. The van der Waals surface area contributed by atoms with Crippen molar-refractivity contribution in [2.75, 3.05) is 19.6 Å². The zero-order valence-electron chi connectivity index (χ0n) is 10.3. The molecule has 2 unspecified atom stereocenters. The average Bonchev–Trinajstić information content (AvgIpc) is 3.04. The summed E-state index contributed by atoms with van der Waals surface area (Å²) in [6.07, 6.45) is 7.17. The molecule has 0 amide bonds. The molecule has 2 heteroatoms. The Morgan fingerprint density at radius 3 is 2.67 bits per heavy atom. The van der Waals surface area contributed by atoms with Crippen molar-refractivity contribution in [3.63, 3.8) is 0 Å². The highest BCUT2D eigenvalue weighted by Gasteiger charge is 2.32. The van der Waals surface area contributed by atoms with Gasteiger partial charge in [-0.15, -0.1) is 0 Å². The molecule has 1 saturated heterocycles. The van der Waals surface area contributed by atoms with Gasteiger partial charge in [-0.05, 0) is 51.6 Å². The van der Waals surface area contributed by atoms with Crippen LogP contribution in [0.4, 0.5) is 0 Å². The second-order valence-electron chi connectivity index (χ2n) is 5.34. The van der Waals surface area contributed by atoms with Crippen molar-refractivity contribution in [1.29, 1.82) is 0 Å². The number of nitrogens with one attached hydrogen (secondary N) is 1. The van der Waals surface area contributed by atoms with Crippen LogP contribution in [0.3, 0.4) is 0 Å². The van der Waals surface area contributed by atoms with Crippen LogP contribution in [0.1, 0.15) is 46.0 Å². The summed E-state index contributed by atoms with van der Waals surface area (Å²) in [4.78, 5) is 2.70. The van der Waals surface area contributed by atoms with Crippen molar-refractivity contribution >= 4 is 0 Å². The largest absolute Gasteiger partial charge is 0.313 e. The van der Waals surface area contributed by atoms with E-state index in [0.29, 0.717) is 0 Å². The van der Waals surface area contributed by atoms with E-state index in [1.165, 1.54) is 45.2 Å². The Labute approximate surface area is 94.4 Å². The molecule has 1 N–H and O–H groups in total. The molecule has 1 aliphatic heterocycles. The van der Waals surface area contributed by atoms with Gasteiger partial charge in [0, 0.05) is 18.6 Å². The molecule has 0 bridgehead atoms. The molecule has 88 valence electrons. The predicted molar refractivity (Wildman–Crippen MR) is 65.1 cm³/mol. The van der Waals surface area contributed by atoms with Crippen molar-refractivity contribution in [3.05, 3.63) is 0 Å². The highest BCUT2D eigenvalue weighted by atomic mass is 15.2. The second-order valence-corrected chi connectivity index (χ2v) is 5.34. The normalized spacial score (nSPS) is 30.4. The van der Waals surface area contributed by atoms with Gasteiger partial charge in [-0.1, -0.05) is 13.3 Å². The Morgan fingerprint density at radius 1 is 1.27 bits per heavy atom. The van der Waals surface area contributed by atoms with Gasteiger partial charge >= 0.3 is 0 Å². The summed E-state index contributed by atoms with van der Waals surface area (Å²) in [6, 6.07) is 1.59. The smallest absolute Gasteiger partial charge is 0.0223 e.